The lowest BCUT2D eigenvalue weighted by Crippen LogP contribution is -1.77. The average Bonchev–Trinajstić information content (AvgIpc) is 1.91. The van der Waals surface area contributed by atoms with E-state index in [-0.39, 0.29) is 0 Å². The third-order valence-electron chi connectivity index (χ3n) is 0.816. The standard InChI is InChI=1S/C5H12.2C3H8/c1-4-5(2)3;2*1-3-2/h5H,4H2,1-3H3;2*3H2,1-2H3. The highest BCUT2D eigenvalue weighted by molar-refractivity contribution is 4.32. The molecular formula is C11H28. The molecule has 0 aromatic carbocycles. The largest absolute Gasteiger partial charge is 0.0656 e. The Morgan fingerprint density at radius 1 is 0.727 bits per heavy atom. The van der Waals surface area contributed by atoms with Crippen molar-refractivity contribution in [2.45, 2.75) is 67.7 Å². The van der Waals surface area contributed by atoms with Gasteiger partial charge in [-0.3, -0.25) is 0 Å². The molecule has 0 radical (unpaired) electrons. The normalized spacial score (nSPS) is 7.64. The first-order chi connectivity index (χ1) is 5.10. The first-order valence-corrected chi connectivity index (χ1v) is 5.10. The molecule has 0 saturated heterocycles. The number of hydrogen-bond donors (Lipinski definition) is 0. The van der Waals surface area contributed by atoms with Crippen molar-refractivity contribution in [3.05, 3.63) is 0 Å². The van der Waals surface area contributed by atoms with Crippen LogP contribution in [0.4, 0.5) is 0 Å². The Kier molecular flexibility index (Phi) is 35.2. The summed E-state index contributed by atoms with van der Waals surface area (Å²) in [4.78, 5) is 0. The molecule has 0 heterocycles. The van der Waals surface area contributed by atoms with Crippen molar-refractivity contribution >= 4 is 0 Å². The minimum atomic E-state index is 0.884. The molecule has 0 saturated carbocycles. The Balaban J connectivity index is -0.0000000933. The van der Waals surface area contributed by atoms with Gasteiger partial charge in [-0.25, -0.2) is 0 Å². The van der Waals surface area contributed by atoms with Gasteiger partial charge >= 0.3 is 0 Å². The fourth-order valence-electron chi connectivity index (χ4n) is 0. The first kappa shape index (κ1) is 17.2. The second-order valence-electron chi connectivity index (χ2n) is 3.22. The van der Waals surface area contributed by atoms with Gasteiger partial charge in [0, 0.05) is 0 Å². The van der Waals surface area contributed by atoms with E-state index in [4.69, 9.17) is 0 Å². The van der Waals surface area contributed by atoms with Crippen LogP contribution >= 0.6 is 0 Å². The van der Waals surface area contributed by atoms with Crippen LogP contribution in [-0.2, 0) is 0 Å². The van der Waals surface area contributed by atoms with Crippen LogP contribution in [0.2, 0.25) is 0 Å². The van der Waals surface area contributed by atoms with E-state index in [2.05, 4.69) is 48.5 Å². The fourth-order valence-corrected chi connectivity index (χ4v) is 0. The van der Waals surface area contributed by atoms with E-state index >= 15 is 0 Å². The monoisotopic (exact) mass is 160 g/mol. The summed E-state index contributed by atoms with van der Waals surface area (Å²) in [5.41, 5.74) is 0. The second kappa shape index (κ2) is 22.5. The molecule has 72 valence electrons. The third-order valence-corrected chi connectivity index (χ3v) is 0.816. The maximum Gasteiger partial charge on any atom is -0.0474 e. The summed E-state index contributed by atoms with van der Waals surface area (Å²) in [5.74, 6) is 0.884. The molecule has 0 aromatic heterocycles. The van der Waals surface area contributed by atoms with E-state index in [9.17, 15) is 0 Å². The zero-order valence-electron chi connectivity index (χ0n) is 9.70. The molecule has 0 spiro atoms. The Morgan fingerprint density at radius 2 is 0.818 bits per heavy atom. The molecule has 0 fully saturated rings. The van der Waals surface area contributed by atoms with Crippen LogP contribution in [0.15, 0.2) is 0 Å². The molecule has 0 aromatic rings. The minimum Gasteiger partial charge on any atom is -0.0656 e. The molecule has 0 nitrogen and oxygen atoms in total. The van der Waals surface area contributed by atoms with Gasteiger partial charge in [-0.2, -0.15) is 0 Å². The summed E-state index contributed by atoms with van der Waals surface area (Å²) in [6, 6.07) is 0. The molecule has 0 atom stereocenters. The molecule has 0 aliphatic heterocycles. The van der Waals surface area contributed by atoms with Gasteiger partial charge in [0.25, 0.3) is 0 Å². The summed E-state index contributed by atoms with van der Waals surface area (Å²) in [5, 5.41) is 0. The Hall–Kier alpha value is 0. The number of hydrogen-bond acceptors (Lipinski definition) is 0. The predicted molar refractivity (Wildman–Crippen MR) is 57.1 cm³/mol. The summed E-state index contributed by atoms with van der Waals surface area (Å²) in [6.07, 6.45) is 3.81. The van der Waals surface area contributed by atoms with Gasteiger partial charge in [0.05, 0.1) is 0 Å². The predicted octanol–water partition coefficient (Wildman–Crippen LogP) is 4.89. The van der Waals surface area contributed by atoms with E-state index in [1.807, 2.05) is 0 Å². The van der Waals surface area contributed by atoms with Crippen LogP contribution in [-0.4, -0.2) is 0 Å². The van der Waals surface area contributed by atoms with Crippen molar-refractivity contribution in [1.29, 1.82) is 0 Å². The van der Waals surface area contributed by atoms with Gasteiger partial charge in [0.2, 0.25) is 0 Å². The molecule has 11 heavy (non-hydrogen) atoms. The zero-order valence-corrected chi connectivity index (χ0v) is 9.70. The number of rotatable bonds is 1. The van der Waals surface area contributed by atoms with E-state index in [0.717, 1.165) is 5.92 Å². The smallest absolute Gasteiger partial charge is 0.0474 e. The van der Waals surface area contributed by atoms with Gasteiger partial charge in [-0.1, -0.05) is 67.7 Å². The second-order valence-corrected chi connectivity index (χ2v) is 3.22. The molecule has 0 bridgehead atoms. The van der Waals surface area contributed by atoms with E-state index in [1.165, 1.54) is 19.3 Å². The van der Waals surface area contributed by atoms with Crippen LogP contribution in [0, 0.1) is 5.92 Å². The van der Waals surface area contributed by atoms with Gasteiger partial charge in [0.15, 0.2) is 0 Å². The minimum absolute atomic E-state index is 0.884. The maximum atomic E-state index is 2.22. The van der Waals surface area contributed by atoms with Gasteiger partial charge < -0.3 is 0 Å². The van der Waals surface area contributed by atoms with Crippen molar-refractivity contribution < 1.29 is 0 Å². The summed E-state index contributed by atoms with van der Waals surface area (Å²) in [6.45, 7) is 15.1. The highest BCUT2D eigenvalue weighted by atomic mass is 13.9. The van der Waals surface area contributed by atoms with Crippen LogP contribution in [0.25, 0.3) is 0 Å². The van der Waals surface area contributed by atoms with Gasteiger partial charge in [0.1, 0.15) is 0 Å². The summed E-state index contributed by atoms with van der Waals surface area (Å²) < 4.78 is 0. The topological polar surface area (TPSA) is 0 Å². The van der Waals surface area contributed by atoms with Crippen LogP contribution < -0.4 is 0 Å². The fraction of sp³-hybridized carbons (Fsp3) is 1.00. The molecule has 0 rings (SSSR count). The lowest BCUT2D eigenvalue weighted by molar-refractivity contribution is 0.626. The molecule has 0 unspecified atom stereocenters. The summed E-state index contributed by atoms with van der Waals surface area (Å²) in [7, 11) is 0. The molecule has 0 N–H and O–H groups in total. The van der Waals surface area contributed by atoms with Crippen molar-refractivity contribution in [3.63, 3.8) is 0 Å². The SMILES string of the molecule is CCC.CCC.CCC(C)C. The lowest BCUT2D eigenvalue weighted by atomic mass is 10.2. The maximum absolute atomic E-state index is 2.22. The van der Waals surface area contributed by atoms with E-state index in [0.29, 0.717) is 0 Å². The van der Waals surface area contributed by atoms with Crippen LogP contribution in [0.1, 0.15) is 67.7 Å². The third kappa shape index (κ3) is 160. The average molecular weight is 160 g/mol. The zero-order chi connectivity index (χ0) is 9.70. The molecular weight excluding hydrogens is 132 g/mol. The highest BCUT2D eigenvalue weighted by Gasteiger charge is 1.80. The Labute approximate surface area is 74.4 Å². The first-order valence-electron chi connectivity index (χ1n) is 5.10. The molecule has 0 aliphatic carbocycles. The highest BCUT2D eigenvalue weighted by Crippen LogP contribution is 1.93. The van der Waals surface area contributed by atoms with E-state index in [1.54, 1.807) is 0 Å². The quantitative estimate of drug-likeness (QED) is 0.512. The van der Waals surface area contributed by atoms with Crippen molar-refractivity contribution in [3.8, 4) is 0 Å². The van der Waals surface area contributed by atoms with E-state index < -0.39 is 0 Å². The Bertz CT molecular complexity index is 27.0. The van der Waals surface area contributed by atoms with Gasteiger partial charge in [-0.05, 0) is 5.92 Å². The van der Waals surface area contributed by atoms with Crippen LogP contribution in [0.3, 0.4) is 0 Å². The van der Waals surface area contributed by atoms with Crippen molar-refractivity contribution in [2.24, 2.45) is 5.92 Å². The van der Waals surface area contributed by atoms with Crippen molar-refractivity contribution in [2.75, 3.05) is 0 Å². The molecule has 0 aliphatic rings. The van der Waals surface area contributed by atoms with Crippen LogP contribution in [0.5, 0.6) is 0 Å². The molecule has 0 heteroatoms. The molecule has 0 amide bonds. The van der Waals surface area contributed by atoms with Gasteiger partial charge in [-0.15, -0.1) is 0 Å². The summed E-state index contributed by atoms with van der Waals surface area (Å²) >= 11 is 0. The van der Waals surface area contributed by atoms with Crippen molar-refractivity contribution in [1.82, 2.24) is 0 Å². The Morgan fingerprint density at radius 3 is 0.818 bits per heavy atom. The lowest BCUT2D eigenvalue weighted by Gasteiger charge is -1.90.